The molecule has 0 atom stereocenters. The summed E-state index contributed by atoms with van der Waals surface area (Å²) in [4.78, 5) is 41.9. The predicted molar refractivity (Wildman–Crippen MR) is 119 cm³/mol. The van der Waals surface area contributed by atoms with Crippen LogP contribution in [-0.4, -0.2) is 45.8 Å². The molecule has 1 N–H and O–H groups in total. The lowest BCUT2D eigenvalue weighted by Crippen LogP contribution is -2.21. The van der Waals surface area contributed by atoms with Gasteiger partial charge in [0.15, 0.2) is 12.4 Å². The van der Waals surface area contributed by atoms with Gasteiger partial charge in [-0.2, -0.15) is 5.10 Å². The Morgan fingerprint density at radius 2 is 1.88 bits per heavy atom. The molecule has 1 amide bonds. The summed E-state index contributed by atoms with van der Waals surface area (Å²) >= 11 is 1.28. The zero-order valence-electron chi connectivity index (χ0n) is 18.3. The second kappa shape index (κ2) is 10.2. The fourth-order valence-electron chi connectivity index (χ4n) is 2.94. The van der Waals surface area contributed by atoms with Crippen LogP contribution < -0.4 is 5.32 Å². The van der Waals surface area contributed by atoms with E-state index in [2.05, 4.69) is 15.4 Å². The molecule has 0 saturated carbocycles. The second-order valence-electron chi connectivity index (χ2n) is 6.90. The van der Waals surface area contributed by atoms with Gasteiger partial charge in [0.25, 0.3) is 5.91 Å². The fourth-order valence-corrected chi connectivity index (χ4v) is 3.94. The molecule has 0 bridgehead atoms. The van der Waals surface area contributed by atoms with Crippen LogP contribution in [0.1, 0.15) is 50.8 Å². The molecule has 0 saturated heterocycles. The summed E-state index contributed by atoms with van der Waals surface area (Å²) < 4.78 is 11.8. The molecular weight excluding hydrogens is 432 g/mol. The second-order valence-corrected chi connectivity index (χ2v) is 8.03. The molecule has 32 heavy (non-hydrogen) atoms. The molecule has 3 rings (SSSR count). The van der Waals surface area contributed by atoms with Gasteiger partial charge in [0.2, 0.25) is 0 Å². The molecule has 0 fully saturated rings. The molecule has 3 aromatic rings. The van der Waals surface area contributed by atoms with Crippen LogP contribution in [-0.2, 0) is 20.7 Å². The first-order valence-electron chi connectivity index (χ1n) is 10.1. The van der Waals surface area contributed by atoms with Gasteiger partial charge in [-0.05, 0) is 51.5 Å². The average Bonchev–Trinajstić information content (AvgIpc) is 3.34. The fraction of sp³-hybridized carbons (Fsp3) is 0.318. The lowest BCUT2D eigenvalue weighted by atomic mass is 10.2. The summed E-state index contributed by atoms with van der Waals surface area (Å²) in [7, 11) is 0. The number of pyridine rings is 1. The SMILES string of the molecule is CCOC(=O)c1cc(CC)sc1NC(=O)COC(=O)c1ccc(-n2nc(C)cc2C)nc1. The number of aromatic nitrogens is 3. The minimum atomic E-state index is -0.682. The molecule has 10 heteroatoms. The van der Waals surface area contributed by atoms with Crippen molar-refractivity contribution in [1.82, 2.24) is 14.8 Å². The number of aryl methyl sites for hydroxylation is 3. The van der Waals surface area contributed by atoms with Crippen LogP contribution in [0.3, 0.4) is 0 Å². The van der Waals surface area contributed by atoms with E-state index in [1.807, 2.05) is 26.8 Å². The summed E-state index contributed by atoms with van der Waals surface area (Å²) in [6.07, 6.45) is 2.08. The van der Waals surface area contributed by atoms with Crippen molar-refractivity contribution in [2.45, 2.75) is 34.1 Å². The van der Waals surface area contributed by atoms with Crippen molar-refractivity contribution >= 4 is 34.2 Å². The number of carbonyl (C=O) groups is 3. The van der Waals surface area contributed by atoms with E-state index in [4.69, 9.17) is 9.47 Å². The van der Waals surface area contributed by atoms with E-state index in [1.54, 1.807) is 29.8 Å². The first kappa shape index (κ1) is 23.1. The molecule has 0 aliphatic carbocycles. The Balaban J connectivity index is 1.60. The quantitative estimate of drug-likeness (QED) is 0.516. The molecular formula is C22H24N4O5S. The van der Waals surface area contributed by atoms with Gasteiger partial charge in [-0.3, -0.25) is 4.79 Å². The number of carbonyl (C=O) groups excluding carboxylic acids is 3. The minimum Gasteiger partial charge on any atom is -0.462 e. The molecule has 9 nitrogen and oxygen atoms in total. The molecule has 168 valence electrons. The van der Waals surface area contributed by atoms with Crippen molar-refractivity contribution in [3.05, 3.63) is 57.9 Å². The summed E-state index contributed by atoms with van der Waals surface area (Å²) in [5.41, 5.74) is 2.28. The van der Waals surface area contributed by atoms with Gasteiger partial charge in [-0.1, -0.05) is 6.92 Å². The third-order valence-electron chi connectivity index (χ3n) is 4.42. The zero-order valence-corrected chi connectivity index (χ0v) is 19.1. The molecule has 0 spiro atoms. The molecule has 0 aliphatic rings. The lowest BCUT2D eigenvalue weighted by Gasteiger charge is -2.08. The number of hydrogen-bond donors (Lipinski definition) is 1. The maximum Gasteiger partial charge on any atom is 0.341 e. The van der Waals surface area contributed by atoms with Gasteiger partial charge in [-0.15, -0.1) is 11.3 Å². The van der Waals surface area contributed by atoms with Crippen molar-refractivity contribution in [1.29, 1.82) is 0 Å². The molecule has 0 aliphatic heterocycles. The zero-order chi connectivity index (χ0) is 23.3. The summed E-state index contributed by atoms with van der Waals surface area (Å²) in [6, 6.07) is 6.83. The highest BCUT2D eigenvalue weighted by atomic mass is 32.1. The largest absolute Gasteiger partial charge is 0.462 e. The van der Waals surface area contributed by atoms with Crippen molar-refractivity contribution in [3.63, 3.8) is 0 Å². The van der Waals surface area contributed by atoms with E-state index in [0.717, 1.165) is 16.3 Å². The number of thiophene rings is 1. The van der Waals surface area contributed by atoms with E-state index >= 15 is 0 Å². The van der Waals surface area contributed by atoms with Gasteiger partial charge < -0.3 is 14.8 Å². The van der Waals surface area contributed by atoms with E-state index in [1.165, 1.54) is 17.5 Å². The highest BCUT2D eigenvalue weighted by molar-refractivity contribution is 7.16. The van der Waals surface area contributed by atoms with Crippen LogP contribution in [0.2, 0.25) is 0 Å². The first-order chi connectivity index (χ1) is 15.3. The van der Waals surface area contributed by atoms with Crippen molar-refractivity contribution < 1.29 is 23.9 Å². The Labute approximate surface area is 189 Å². The third kappa shape index (κ3) is 5.38. The van der Waals surface area contributed by atoms with Gasteiger partial charge in [0.05, 0.1) is 23.4 Å². The van der Waals surface area contributed by atoms with Gasteiger partial charge in [-0.25, -0.2) is 19.3 Å². The van der Waals surface area contributed by atoms with Crippen LogP contribution in [0, 0.1) is 13.8 Å². The maximum absolute atomic E-state index is 12.3. The van der Waals surface area contributed by atoms with Gasteiger partial charge in [0, 0.05) is 16.8 Å². The first-order valence-corrected chi connectivity index (χ1v) is 10.9. The Morgan fingerprint density at radius 3 is 2.47 bits per heavy atom. The number of amides is 1. The van der Waals surface area contributed by atoms with Crippen molar-refractivity contribution in [2.24, 2.45) is 0 Å². The Morgan fingerprint density at radius 1 is 1.09 bits per heavy atom. The lowest BCUT2D eigenvalue weighted by molar-refractivity contribution is -0.119. The standard InChI is InChI=1S/C22H24N4O5S/c1-5-16-10-17(22(29)30-6-2)20(32-16)24-19(27)12-31-21(28)15-7-8-18(23-11-15)26-14(4)9-13(3)25-26/h7-11H,5-6,12H2,1-4H3,(H,24,27). The summed E-state index contributed by atoms with van der Waals surface area (Å²) in [5, 5.41) is 7.34. The van der Waals surface area contributed by atoms with E-state index in [-0.39, 0.29) is 17.7 Å². The monoisotopic (exact) mass is 456 g/mol. The number of nitrogens with one attached hydrogen (secondary N) is 1. The number of ether oxygens (including phenoxy) is 2. The van der Waals surface area contributed by atoms with Crippen LogP contribution in [0.15, 0.2) is 30.5 Å². The topological polar surface area (TPSA) is 112 Å². The van der Waals surface area contributed by atoms with Crippen molar-refractivity contribution in [2.75, 3.05) is 18.5 Å². The highest BCUT2D eigenvalue weighted by Gasteiger charge is 2.19. The van der Waals surface area contributed by atoms with E-state index in [9.17, 15) is 14.4 Å². The molecule has 3 heterocycles. The third-order valence-corrected chi connectivity index (χ3v) is 5.62. The minimum absolute atomic E-state index is 0.208. The predicted octanol–water partition coefficient (Wildman–Crippen LogP) is 3.48. The molecule has 0 aromatic carbocycles. The number of nitrogens with zero attached hydrogens (tertiary/aromatic N) is 3. The smallest absolute Gasteiger partial charge is 0.341 e. The average molecular weight is 457 g/mol. The summed E-state index contributed by atoms with van der Waals surface area (Å²) in [6.45, 7) is 7.18. The number of anilines is 1. The Hall–Kier alpha value is -3.53. The molecule has 3 aromatic heterocycles. The van der Waals surface area contributed by atoms with E-state index in [0.29, 0.717) is 17.2 Å². The maximum atomic E-state index is 12.3. The van der Waals surface area contributed by atoms with Crippen LogP contribution in [0.5, 0.6) is 0 Å². The summed E-state index contributed by atoms with van der Waals surface area (Å²) in [5.74, 6) is -1.18. The Bertz CT molecular complexity index is 1130. The number of hydrogen-bond acceptors (Lipinski definition) is 8. The molecule has 0 radical (unpaired) electrons. The normalized spacial score (nSPS) is 10.6. The van der Waals surface area contributed by atoms with Crippen LogP contribution in [0.25, 0.3) is 5.82 Å². The van der Waals surface area contributed by atoms with E-state index < -0.39 is 24.5 Å². The number of rotatable bonds is 8. The van der Waals surface area contributed by atoms with Crippen LogP contribution >= 0.6 is 11.3 Å². The van der Waals surface area contributed by atoms with Gasteiger partial charge >= 0.3 is 11.9 Å². The van der Waals surface area contributed by atoms with Gasteiger partial charge in [0.1, 0.15) is 5.00 Å². The molecule has 0 unspecified atom stereocenters. The van der Waals surface area contributed by atoms with Crippen LogP contribution in [0.4, 0.5) is 5.00 Å². The highest BCUT2D eigenvalue weighted by Crippen LogP contribution is 2.29. The van der Waals surface area contributed by atoms with Crippen molar-refractivity contribution in [3.8, 4) is 5.82 Å². The Kier molecular flexibility index (Phi) is 7.37. The number of esters is 2.